The number of aryl methyl sites for hydroxylation is 1. The van der Waals surface area contributed by atoms with Crippen LogP contribution in [-0.2, 0) is 20.9 Å². The number of hydrogen-bond donors (Lipinski definition) is 1. The summed E-state index contributed by atoms with van der Waals surface area (Å²) in [6, 6.07) is 19.4. The van der Waals surface area contributed by atoms with Gasteiger partial charge in [0.1, 0.15) is 17.5 Å². The molecule has 6 rings (SSSR count). The Morgan fingerprint density at radius 3 is 2.23 bits per heavy atom. The van der Waals surface area contributed by atoms with E-state index in [1.54, 1.807) is 55.6 Å². The zero-order valence-electron chi connectivity index (χ0n) is 24.4. The van der Waals surface area contributed by atoms with Gasteiger partial charge in [0.25, 0.3) is 0 Å². The van der Waals surface area contributed by atoms with Gasteiger partial charge in [-0.05, 0) is 61.0 Å². The van der Waals surface area contributed by atoms with Crippen LogP contribution in [0.2, 0.25) is 0 Å². The number of nitrogens with one attached hydrogen (secondary N) is 1. The van der Waals surface area contributed by atoms with Crippen LogP contribution in [0, 0.1) is 12.8 Å². The van der Waals surface area contributed by atoms with Crippen molar-refractivity contribution in [2.45, 2.75) is 29.7 Å². The first-order valence-electron chi connectivity index (χ1n) is 13.7. The lowest BCUT2D eigenvalue weighted by Gasteiger charge is -2.31. The Labute approximate surface area is 261 Å². The van der Waals surface area contributed by atoms with Crippen molar-refractivity contribution in [3.05, 3.63) is 92.4 Å². The number of imide groups is 1. The maximum Gasteiger partial charge on any atom is 0.308 e. The molecule has 0 radical (unpaired) electrons. The van der Waals surface area contributed by atoms with Crippen molar-refractivity contribution >= 4 is 52.2 Å². The highest BCUT2D eigenvalue weighted by Gasteiger charge is 2.57. The maximum atomic E-state index is 14.1. The van der Waals surface area contributed by atoms with Gasteiger partial charge in [0.2, 0.25) is 17.7 Å². The number of benzene rings is 3. The lowest BCUT2D eigenvalue weighted by atomic mass is 9.83. The number of rotatable bonds is 8. The van der Waals surface area contributed by atoms with Gasteiger partial charge in [-0.3, -0.25) is 23.7 Å². The van der Waals surface area contributed by atoms with Gasteiger partial charge in [0, 0.05) is 16.5 Å². The average molecular weight is 632 g/mol. The van der Waals surface area contributed by atoms with E-state index in [2.05, 4.69) is 5.32 Å². The van der Waals surface area contributed by atoms with Gasteiger partial charge in [0.05, 0.1) is 38.0 Å². The molecule has 3 amide bonds. The van der Waals surface area contributed by atoms with Crippen LogP contribution >= 0.6 is 23.1 Å². The van der Waals surface area contributed by atoms with E-state index < -0.39 is 23.0 Å². The summed E-state index contributed by atoms with van der Waals surface area (Å²) in [4.78, 5) is 56.1. The van der Waals surface area contributed by atoms with Crippen molar-refractivity contribution in [3.63, 3.8) is 0 Å². The topological polar surface area (TPSA) is 116 Å². The number of carbonyl (C=O) groups excluding carboxylic acids is 3. The van der Waals surface area contributed by atoms with Crippen molar-refractivity contribution in [2.24, 2.45) is 5.92 Å². The number of amides is 3. The minimum atomic E-state index is -0.806. The normalized spacial score (nSPS) is 18.9. The highest BCUT2D eigenvalue weighted by molar-refractivity contribution is 8.00. The van der Waals surface area contributed by atoms with E-state index in [4.69, 9.17) is 14.2 Å². The Hall–Kier alpha value is -4.55. The molecule has 1 N–H and O–H groups in total. The Bertz CT molecular complexity index is 1810. The summed E-state index contributed by atoms with van der Waals surface area (Å²) in [6.07, 6.45) is 0. The third kappa shape index (κ3) is 5.13. The summed E-state index contributed by atoms with van der Waals surface area (Å²) in [5.74, 6) is -0.907. The third-order valence-corrected chi connectivity index (χ3v) is 10.4. The first kappa shape index (κ1) is 29.5. The van der Waals surface area contributed by atoms with Crippen LogP contribution in [0.1, 0.15) is 21.9 Å². The van der Waals surface area contributed by atoms with Crippen LogP contribution in [0.4, 0.5) is 11.4 Å². The number of methoxy groups -OCH3 is 3. The third-order valence-electron chi connectivity index (χ3n) is 7.78. The zero-order valence-corrected chi connectivity index (χ0v) is 26.0. The number of ether oxygens (including phenoxy) is 3. The van der Waals surface area contributed by atoms with Crippen molar-refractivity contribution in [1.82, 2.24) is 4.57 Å². The van der Waals surface area contributed by atoms with Gasteiger partial charge in [-0.25, -0.2) is 4.90 Å². The second-order valence-corrected chi connectivity index (χ2v) is 12.5. The molecule has 10 nitrogen and oxygen atoms in total. The molecule has 0 bridgehead atoms. The van der Waals surface area contributed by atoms with Crippen LogP contribution < -0.4 is 29.3 Å². The lowest BCUT2D eigenvalue weighted by molar-refractivity contribution is -0.122. The second kappa shape index (κ2) is 11.9. The van der Waals surface area contributed by atoms with Crippen LogP contribution in [0.25, 0.3) is 0 Å². The van der Waals surface area contributed by atoms with Crippen molar-refractivity contribution < 1.29 is 28.6 Å². The molecule has 3 atom stereocenters. The predicted molar refractivity (Wildman–Crippen MR) is 168 cm³/mol. The molecule has 0 saturated carbocycles. The fourth-order valence-corrected chi connectivity index (χ4v) is 8.40. The van der Waals surface area contributed by atoms with Gasteiger partial charge in [-0.1, -0.05) is 46.9 Å². The van der Waals surface area contributed by atoms with E-state index in [0.717, 1.165) is 16.9 Å². The minimum absolute atomic E-state index is 0.260. The summed E-state index contributed by atoms with van der Waals surface area (Å²) >= 11 is 2.15. The van der Waals surface area contributed by atoms with E-state index in [9.17, 15) is 19.2 Å². The molecule has 0 aliphatic carbocycles. The molecule has 1 saturated heterocycles. The van der Waals surface area contributed by atoms with Crippen LogP contribution in [0.15, 0.2) is 76.6 Å². The lowest BCUT2D eigenvalue weighted by Crippen LogP contribution is -2.33. The van der Waals surface area contributed by atoms with Crippen molar-refractivity contribution in [1.29, 1.82) is 0 Å². The standard InChI is InChI=1S/C32H29N3O7S2/c1-17-5-10-20(11-6-17)35-29(37)26-25(18-7-14-22(41-3)23(15-18)42-4)28-31(43-27(26)30(35)38)34(32(39)44-28)16-24(36)33-19-8-12-21(40-2)13-9-19/h5-15,25-27H,16H2,1-4H3,(H,33,36)/t25-,26+,27-/m0/s1. The van der Waals surface area contributed by atoms with Crippen molar-refractivity contribution in [2.75, 3.05) is 31.5 Å². The van der Waals surface area contributed by atoms with Gasteiger partial charge in [-0.2, -0.15) is 0 Å². The van der Waals surface area contributed by atoms with E-state index in [0.29, 0.717) is 44.1 Å². The summed E-state index contributed by atoms with van der Waals surface area (Å²) in [5.41, 5.74) is 2.74. The quantitative estimate of drug-likeness (QED) is 0.279. The van der Waals surface area contributed by atoms with Crippen LogP contribution in [0.5, 0.6) is 17.2 Å². The molecule has 0 unspecified atom stereocenters. The van der Waals surface area contributed by atoms with Crippen LogP contribution in [-0.4, -0.2) is 48.9 Å². The Kier molecular flexibility index (Phi) is 7.95. The second-order valence-electron chi connectivity index (χ2n) is 10.4. The van der Waals surface area contributed by atoms with E-state index in [-0.39, 0.29) is 23.2 Å². The molecule has 1 fully saturated rings. The van der Waals surface area contributed by atoms with Crippen LogP contribution in [0.3, 0.4) is 0 Å². The monoisotopic (exact) mass is 631 g/mol. The maximum absolute atomic E-state index is 14.1. The van der Waals surface area contributed by atoms with Gasteiger partial charge < -0.3 is 19.5 Å². The molecule has 2 aliphatic rings. The van der Waals surface area contributed by atoms with E-state index in [1.165, 1.54) is 35.4 Å². The molecule has 12 heteroatoms. The average Bonchev–Trinajstić information content (AvgIpc) is 3.47. The van der Waals surface area contributed by atoms with Gasteiger partial charge in [0.15, 0.2) is 11.5 Å². The molecule has 4 aromatic rings. The number of nitrogens with zero attached hydrogens (tertiary/aromatic N) is 2. The first-order chi connectivity index (χ1) is 21.2. The Morgan fingerprint density at radius 2 is 1.57 bits per heavy atom. The molecule has 226 valence electrons. The molecule has 3 aromatic carbocycles. The molecule has 1 aromatic heterocycles. The van der Waals surface area contributed by atoms with Gasteiger partial charge in [-0.15, -0.1) is 0 Å². The Morgan fingerprint density at radius 1 is 0.864 bits per heavy atom. The largest absolute Gasteiger partial charge is 0.497 e. The number of thioether (sulfide) groups is 1. The molecular weight excluding hydrogens is 603 g/mol. The number of hydrogen-bond acceptors (Lipinski definition) is 9. The Balaban J connectivity index is 1.41. The smallest absolute Gasteiger partial charge is 0.308 e. The fraction of sp³-hybridized carbons (Fsp3) is 0.250. The molecule has 2 aliphatic heterocycles. The summed E-state index contributed by atoms with van der Waals surface area (Å²) in [6.45, 7) is 1.67. The first-order valence-corrected chi connectivity index (χ1v) is 15.4. The highest BCUT2D eigenvalue weighted by atomic mass is 32.2. The summed E-state index contributed by atoms with van der Waals surface area (Å²) < 4.78 is 17.5. The minimum Gasteiger partial charge on any atom is -0.497 e. The summed E-state index contributed by atoms with van der Waals surface area (Å²) in [5, 5.41) is 2.50. The number of anilines is 2. The number of carbonyl (C=O) groups is 3. The molecule has 44 heavy (non-hydrogen) atoms. The SMILES string of the molecule is COc1ccc(NC(=O)Cn2c3c(sc2=O)[C@@H](c2ccc(OC)c(OC)c2)[C@H]2C(=O)N(c4ccc(C)cc4)C(=O)[C@H]2S3)cc1. The fourth-order valence-electron chi connectivity index (χ4n) is 5.63. The highest BCUT2D eigenvalue weighted by Crippen LogP contribution is 2.54. The van der Waals surface area contributed by atoms with E-state index >= 15 is 0 Å². The molecule has 3 heterocycles. The molecule has 0 spiro atoms. The van der Waals surface area contributed by atoms with Gasteiger partial charge >= 0.3 is 4.87 Å². The predicted octanol–water partition coefficient (Wildman–Crippen LogP) is 4.68. The number of thiazole rings is 1. The van der Waals surface area contributed by atoms with E-state index in [1.807, 2.05) is 25.1 Å². The number of fused-ring (bicyclic) bond motifs is 2. The zero-order chi connectivity index (χ0) is 31.1. The number of aromatic nitrogens is 1. The van der Waals surface area contributed by atoms with Crippen molar-refractivity contribution in [3.8, 4) is 17.2 Å². The summed E-state index contributed by atoms with van der Waals surface area (Å²) in [7, 11) is 4.61. The molecular formula is C32H29N3O7S2.